The predicted octanol–water partition coefficient (Wildman–Crippen LogP) is 5.80. The third-order valence-electron chi connectivity index (χ3n) is 4.87. The summed E-state index contributed by atoms with van der Waals surface area (Å²) in [6.45, 7) is 4.77. The number of esters is 2. The van der Waals surface area contributed by atoms with Crippen LogP contribution >= 0.6 is 0 Å². The van der Waals surface area contributed by atoms with Gasteiger partial charge in [-0.2, -0.15) is 0 Å². The summed E-state index contributed by atoms with van der Waals surface area (Å²) in [7, 11) is 0. The van der Waals surface area contributed by atoms with E-state index in [0.29, 0.717) is 5.56 Å². The van der Waals surface area contributed by atoms with Gasteiger partial charge in [-0.1, -0.05) is 77.3 Å². The number of unbranched alkanes of at least 4 members (excludes halogenated alkanes) is 8. The van der Waals surface area contributed by atoms with Crippen molar-refractivity contribution in [2.75, 3.05) is 13.2 Å². The third-order valence-corrected chi connectivity index (χ3v) is 4.87. The molecule has 6 nitrogen and oxygen atoms in total. The zero-order valence-electron chi connectivity index (χ0n) is 18.9. The largest absolute Gasteiger partial charge is 0.478 e. The van der Waals surface area contributed by atoms with Crippen LogP contribution in [0.2, 0.25) is 0 Å². The highest BCUT2D eigenvalue weighted by atomic mass is 16.6. The molecule has 0 bridgehead atoms. The maximum absolute atomic E-state index is 12.5. The summed E-state index contributed by atoms with van der Waals surface area (Å²) in [5, 5.41) is 9.02. The fourth-order valence-corrected chi connectivity index (χ4v) is 2.99. The average molecular weight is 433 g/mol. The van der Waals surface area contributed by atoms with Gasteiger partial charge >= 0.3 is 17.9 Å². The minimum Gasteiger partial charge on any atom is -0.478 e. The van der Waals surface area contributed by atoms with E-state index in [1.807, 2.05) is 0 Å². The quantitative estimate of drug-likeness (QED) is 0.117. The Kier molecular flexibility index (Phi) is 13.7. The number of benzene rings is 1. The van der Waals surface area contributed by atoms with Gasteiger partial charge in [0.2, 0.25) is 0 Å². The van der Waals surface area contributed by atoms with Crippen molar-refractivity contribution in [1.82, 2.24) is 0 Å². The first-order chi connectivity index (χ1) is 15.0. The summed E-state index contributed by atoms with van der Waals surface area (Å²) in [4.78, 5) is 36.1. The number of aromatic carboxylic acids is 1. The lowest BCUT2D eigenvalue weighted by molar-refractivity contribution is -0.147. The van der Waals surface area contributed by atoms with Crippen molar-refractivity contribution in [1.29, 1.82) is 0 Å². The molecule has 0 aliphatic rings. The van der Waals surface area contributed by atoms with Crippen LogP contribution < -0.4 is 0 Å². The van der Waals surface area contributed by atoms with Crippen molar-refractivity contribution >= 4 is 24.0 Å². The number of carbonyl (C=O) groups excluding carboxylic acids is 2. The molecular formula is C25H36O6. The molecule has 6 heteroatoms. The zero-order valence-corrected chi connectivity index (χ0v) is 18.9. The Labute approximate surface area is 185 Å². The minimum atomic E-state index is -1.04. The maximum Gasteiger partial charge on any atom is 0.345 e. The summed E-state index contributed by atoms with van der Waals surface area (Å²) in [6.07, 6.45) is 11.6. The molecule has 0 atom stereocenters. The number of ether oxygens (including phenoxy) is 2. The number of carboxylic acid groups (broad SMARTS) is 1. The molecule has 31 heavy (non-hydrogen) atoms. The first kappa shape index (κ1) is 26.4. The standard InChI is InChI=1S/C25H36O6/c1-3-5-7-9-11-17-30-24(28)22(25(29)31-18-12-10-8-6-4-2)19-20-13-15-21(16-14-20)23(26)27/h13-16,19H,3-12,17-18H2,1-2H3,(H,26,27). The van der Waals surface area contributed by atoms with Gasteiger partial charge in [0.25, 0.3) is 0 Å². The SMILES string of the molecule is CCCCCCCOC(=O)C(=Cc1ccc(C(=O)O)cc1)C(=O)OCCCCCCC. The first-order valence-electron chi connectivity index (χ1n) is 11.4. The molecule has 0 saturated heterocycles. The van der Waals surface area contributed by atoms with E-state index in [9.17, 15) is 14.4 Å². The van der Waals surface area contributed by atoms with E-state index in [1.54, 1.807) is 12.1 Å². The van der Waals surface area contributed by atoms with E-state index in [1.165, 1.54) is 18.2 Å². The lowest BCUT2D eigenvalue weighted by atomic mass is 10.1. The second-order valence-corrected chi connectivity index (χ2v) is 7.59. The van der Waals surface area contributed by atoms with Crippen LogP contribution in [0.1, 0.15) is 94.0 Å². The average Bonchev–Trinajstić information content (AvgIpc) is 2.76. The molecule has 0 aromatic heterocycles. The molecule has 0 amide bonds. The molecule has 1 aromatic carbocycles. The molecule has 1 N–H and O–H groups in total. The highest BCUT2D eigenvalue weighted by molar-refractivity contribution is 6.17. The summed E-state index contributed by atoms with van der Waals surface area (Å²) < 4.78 is 10.6. The van der Waals surface area contributed by atoms with Crippen LogP contribution in [-0.2, 0) is 19.1 Å². The summed E-state index contributed by atoms with van der Waals surface area (Å²) in [5.74, 6) is -2.47. The van der Waals surface area contributed by atoms with Gasteiger partial charge in [-0.25, -0.2) is 14.4 Å². The zero-order chi connectivity index (χ0) is 22.9. The molecule has 0 unspecified atom stereocenters. The number of carboxylic acids is 1. The van der Waals surface area contributed by atoms with Crippen LogP contribution in [-0.4, -0.2) is 36.2 Å². The summed E-state index contributed by atoms with van der Waals surface area (Å²) in [5.41, 5.74) is 0.480. The van der Waals surface area contributed by atoms with Crippen LogP contribution in [0.15, 0.2) is 29.8 Å². The van der Waals surface area contributed by atoms with E-state index >= 15 is 0 Å². The van der Waals surface area contributed by atoms with Gasteiger partial charge in [0, 0.05) is 0 Å². The lowest BCUT2D eigenvalue weighted by Crippen LogP contribution is -2.19. The number of hydrogen-bond donors (Lipinski definition) is 1. The monoisotopic (exact) mass is 432 g/mol. The molecule has 0 saturated carbocycles. The fourth-order valence-electron chi connectivity index (χ4n) is 2.99. The molecule has 1 rings (SSSR count). The molecule has 0 aliphatic heterocycles. The Balaban J connectivity index is 2.74. The Hall–Kier alpha value is -2.63. The lowest BCUT2D eigenvalue weighted by Gasteiger charge is -2.09. The molecule has 172 valence electrons. The predicted molar refractivity (Wildman–Crippen MR) is 121 cm³/mol. The Morgan fingerprint density at radius 1 is 0.742 bits per heavy atom. The molecule has 1 aromatic rings. The first-order valence-corrected chi connectivity index (χ1v) is 11.4. The van der Waals surface area contributed by atoms with Crippen LogP contribution in [0.4, 0.5) is 0 Å². The van der Waals surface area contributed by atoms with Crippen molar-refractivity contribution in [3.63, 3.8) is 0 Å². The van der Waals surface area contributed by atoms with Gasteiger partial charge in [0.1, 0.15) is 5.57 Å². The van der Waals surface area contributed by atoms with Gasteiger partial charge in [-0.3, -0.25) is 0 Å². The Morgan fingerprint density at radius 3 is 1.61 bits per heavy atom. The molecule has 0 spiro atoms. The molecular weight excluding hydrogens is 396 g/mol. The smallest absolute Gasteiger partial charge is 0.345 e. The van der Waals surface area contributed by atoms with Gasteiger partial charge in [-0.15, -0.1) is 0 Å². The Bertz CT molecular complexity index is 675. The normalized spacial score (nSPS) is 10.4. The number of carbonyl (C=O) groups is 3. The van der Waals surface area contributed by atoms with Gasteiger partial charge in [0.05, 0.1) is 18.8 Å². The van der Waals surface area contributed by atoms with Crippen molar-refractivity contribution in [2.24, 2.45) is 0 Å². The molecule has 0 radical (unpaired) electrons. The van der Waals surface area contributed by atoms with Crippen molar-refractivity contribution in [3.8, 4) is 0 Å². The highest BCUT2D eigenvalue weighted by Crippen LogP contribution is 2.14. The van der Waals surface area contributed by atoms with Crippen LogP contribution in [0.3, 0.4) is 0 Å². The van der Waals surface area contributed by atoms with E-state index in [2.05, 4.69) is 13.8 Å². The highest BCUT2D eigenvalue weighted by Gasteiger charge is 2.21. The van der Waals surface area contributed by atoms with Crippen molar-refractivity contribution < 1.29 is 29.0 Å². The van der Waals surface area contributed by atoms with Gasteiger partial charge < -0.3 is 14.6 Å². The topological polar surface area (TPSA) is 89.9 Å². The third kappa shape index (κ3) is 11.4. The summed E-state index contributed by atoms with van der Waals surface area (Å²) in [6, 6.07) is 5.92. The van der Waals surface area contributed by atoms with E-state index in [4.69, 9.17) is 14.6 Å². The maximum atomic E-state index is 12.5. The van der Waals surface area contributed by atoms with Crippen molar-refractivity contribution in [3.05, 3.63) is 41.0 Å². The van der Waals surface area contributed by atoms with E-state index in [0.717, 1.165) is 64.2 Å². The molecule has 0 heterocycles. The van der Waals surface area contributed by atoms with Crippen LogP contribution in [0.5, 0.6) is 0 Å². The number of rotatable bonds is 16. The number of hydrogen-bond acceptors (Lipinski definition) is 5. The Morgan fingerprint density at radius 2 is 1.19 bits per heavy atom. The molecule has 0 fully saturated rings. The van der Waals surface area contributed by atoms with Gasteiger partial charge in [-0.05, 0) is 36.6 Å². The van der Waals surface area contributed by atoms with E-state index < -0.39 is 17.9 Å². The van der Waals surface area contributed by atoms with Gasteiger partial charge in [0.15, 0.2) is 0 Å². The second kappa shape index (κ2) is 16.1. The van der Waals surface area contributed by atoms with Crippen molar-refractivity contribution in [2.45, 2.75) is 78.1 Å². The fraction of sp³-hybridized carbons (Fsp3) is 0.560. The summed E-state index contributed by atoms with van der Waals surface area (Å²) >= 11 is 0. The van der Waals surface area contributed by atoms with Crippen LogP contribution in [0.25, 0.3) is 6.08 Å². The minimum absolute atomic E-state index is 0.128. The van der Waals surface area contributed by atoms with Crippen LogP contribution in [0, 0.1) is 0 Å². The second-order valence-electron chi connectivity index (χ2n) is 7.59. The van der Waals surface area contributed by atoms with E-state index in [-0.39, 0.29) is 24.4 Å². The molecule has 0 aliphatic carbocycles.